The summed E-state index contributed by atoms with van der Waals surface area (Å²) in [6, 6.07) is 14.7. The minimum Gasteiger partial charge on any atom is -0.326 e. The number of anilines is 1. The van der Waals surface area contributed by atoms with Crippen LogP contribution in [0.1, 0.15) is 18.4 Å². The topological polar surface area (TPSA) is 66.5 Å². The number of halogens is 1. The standard InChI is InChI=1S/C19H21FN2O3S/c20-17-8-6-15(7-9-17)14-26(24,25)22-12-10-16(11-13-22)19(23)21-18-4-2-1-3-5-18/h1-9,16H,10-14H2,(H,21,23). The zero-order valence-corrected chi connectivity index (χ0v) is 15.1. The lowest BCUT2D eigenvalue weighted by atomic mass is 9.97. The number of amides is 1. The Labute approximate surface area is 152 Å². The number of rotatable bonds is 5. The van der Waals surface area contributed by atoms with E-state index in [9.17, 15) is 17.6 Å². The van der Waals surface area contributed by atoms with Crippen molar-refractivity contribution < 1.29 is 17.6 Å². The Kier molecular flexibility index (Phi) is 5.68. The van der Waals surface area contributed by atoms with Gasteiger partial charge in [0.05, 0.1) is 5.75 Å². The molecular weight excluding hydrogens is 355 g/mol. The van der Waals surface area contributed by atoms with Gasteiger partial charge in [0.2, 0.25) is 15.9 Å². The van der Waals surface area contributed by atoms with E-state index in [-0.39, 0.29) is 17.6 Å². The first-order valence-corrected chi connectivity index (χ1v) is 10.1. The van der Waals surface area contributed by atoms with Crippen LogP contribution >= 0.6 is 0 Å². The lowest BCUT2D eigenvalue weighted by Gasteiger charge is -2.30. The van der Waals surface area contributed by atoms with Crippen LogP contribution in [0.2, 0.25) is 0 Å². The fourth-order valence-corrected chi connectivity index (χ4v) is 4.61. The van der Waals surface area contributed by atoms with Gasteiger partial charge >= 0.3 is 0 Å². The molecular formula is C19H21FN2O3S. The number of hydrogen-bond donors (Lipinski definition) is 1. The Balaban J connectivity index is 1.55. The molecule has 138 valence electrons. The van der Waals surface area contributed by atoms with Crippen molar-refractivity contribution in [2.45, 2.75) is 18.6 Å². The molecule has 0 radical (unpaired) electrons. The third-order valence-corrected chi connectivity index (χ3v) is 6.37. The highest BCUT2D eigenvalue weighted by Gasteiger charge is 2.31. The third-order valence-electron chi connectivity index (χ3n) is 4.52. The second-order valence-electron chi connectivity index (χ2n) is 6.41. The number of benzene rings is 2. The van der Waals surface area contributed by atoms with Crippen LogP contribution in [0.25, 0.3) is 0 Å². The van der Waals surface area contributed by atoms with Crippen molar-refractivity contribution >= 4 is 21.6 Å². The molecule has 0 spiro atoms. The molecule has 1 fully saturated rings. The Bertz CT molecular complexity index is 846. The summed E-state index contributed by atoms with van der Waals surface area (Å²) in [7, 11) is -3.48. The molecule has 1 aliphatic rings. The van der Waals surface area contributed by atoms with Crippen LogP contribution in [0.15, 0.2) is 54.6 Å². The number of nitrogens with one attached hydrogen (secondary N) is 1. The summed E-state index contributed by atoms with van der Waals surface area (Å²) >= 11 is 0. The summed E-state index contributed by atoms with van der Waals surface area (Å²) in [5.41, 5.74) is 1.29. The zero-order valence-electron chi connectivity index (χ0n) is 14.3. The van der Waals surface area contributed by atoms with Crippen molar-refractivity contribution in [2.75, 3.05) is 18.4 Å². The molecule has 0 bridgehead atoms. The summed E-state index contributed by atoms with van der Waals surface area (Å²) in [6.45, 7) is 0.632. The molecule has 2 aromatic carbocycles. The van der Waals surface area contributed by atoms with E-state index in [2.05, 4.69) is 5.32 Å². The molecule has 0 aromatic heterocycles. The van der Waals surface area contributed by atoms with Crippen LogP contribution in [0.5, 0.6) is 0 Å². The number of carbonyl (C=O) groups is 1. The van der Waals surface area contributed by atoms with Gasteiger partial charge in [-0.25, -0.2) is 17.1 Å². The molecule has 1 saturated heterocycles. The van der Waals surface area contributed by atoms with Crippen molar-refractivity contribution in [3.05, 3.63) is 66.0 Å². The first-order chi connectivity index (χ1) is 12.4. The van der Waals surface area contributed by atoms with Gasteiger partial charge in [0, 0.05) is 24.7 Å². The van der Waals surface area contributed by atoms with Crippen molar-refractivity contribution in [2.24, 2.45) is 5.92 Å². The van der Waals surface area contributed by atoms with Gasteiger partial charge in [0.15, 0.2) is 0 Å². The first-order valence-electron chi connectivity index (χ1n) is 8.52. The van der Waals surface area contributed by atoms with E-state index in [1.54, 1.807) is 0 Å². The van der Waals surface area contributed by atoms with E-state index in [0.29, 0.717) is 31.5 Å². The number of hydrogen-bond acceptors (Lipinski definition) is 3. The molecule has 3 rings (SSSR count). The highest BCUT2D eigenvalue weighted by atomic mass is 32.2. The van der Waals surface area contributed by atoms with Gasteiger partial charge in [-0.15, -0.1) is 0 Å². The quantitative estimate of drug-likeness (QED) is 0.872. The maximum absolute atomic E-state index is 13.0. The van der Waals surface area contributed by atoms with Gasteiger partial charge in [0.1, 0.15) is 5.82 Å². The highest BCUT2D eigenvalue weighted by Crippen LogP contribution is 2.23. The summed E-state index contributed by atoms with van der Waals surface area (Å²) in [4.78, 5) is 12.3. The minimum atomic E-state index is -3.48. The Morgan fingerprint density at radius 1 is 1.04 bits per heavy atom. The van der Waals surface area contributed by atoms with Crippen molar-refractivity contribution in [1.82, 2.24) is 4.31 Å². The van der Waals surface area contributed by atoms with E-state index in [1.165, 1.54) is 28.6 Å². The molecule has 1 N–H and O–H groups in total. The van der Waals surface area contributed by atoms with E-state index in [4.69, 9.17) is 0 Å². The van der Waals surface area contributed by atoms with Crippen LogP contribution in [0, 0.1) is 11.7 Å². The molecule has 7 heteroatoms. The largest absolute Gasteiger partial charge is 0.326 e. The fourth-order valence-electron chi connectivity index (χ4n) is 3.04. The number of carbonyl (C=O) groups excluding carboxylic acids is 1. The smallest absolute Gasteiger partial charge is 0.227 e. The normalized spacial score (nSPS) is 16.3. The molecule has 2 aromatic rings. The predicted octanol–water partition coefficient (Wildman–Crippen LogP) is 3.01. The molecule has 26 heavy (non-hydrogen) atoms. The fraction of sp³-hybridized carbons (Fsp3) is 0.316. The number of para-hydroxylation sites is 1. The number of nitrogens with zero attached hydrogens (tertiary/aromatic N) is 1. The lowest BCUT2D eigenvalue weighted by Crippen LogP contribution is -2.41. The average Bonchev–Trinajstić information content (AvgIpc) is 2.64. The van der Waals surface area contributed by atoms with Crippen molar-refractivity contribution in [3.8, 4) is 0 Å². The van der Waals surface area contributed by atoms with E-state index >= 15 is 0 Å². The van der Waals surface area contributed by atoms with Crippen LogP contribution in [0.4, 0.5) is 10.1 Å². The van der Waals surface area contributed by atoms with Crippen LogP contribution in [-0.4, -0.2) is 31.7 Å². The third kappa shape index (κ3) is 4.68. The first kappa shape index (κ1) is 18.5. The van der Waals surface area contributed by atoms with Gasteiger partial charge in [-0.05, 0) is 42.7 Å². The van der Waals surface area contributed by atoms with E-state index in [0.717, 1.165) is 5.69 Å². The molecule has 5 nitrogen and oxygen atoms in total. The molecule has 1 heterocycles. The lowest BCUT2D eigenvalue weighted by molar-refractivity contribution is -0.120. The van der Waals surface area contributed by atoms with Crippen molar-refractivity contribution in [3.63, 3.8) is 0 Å². The molecule has 0 saturated carbocycles. The summed E-state index contributed by atoms with van der Waals surface area (Å²) in [6.07, 6.45) is 0.975. The number of piperidine rings is 1. The Morgan fingerprint density at radius 3 is 2.27 bits per heavy atom. The second kappa shape index (κ2) is 7.97. The van der Waals surface area contributed by atoms with Crippen LogP contribution in [-0.2, 0) is 20.6 Å². The van der Waals surface area contributed by atoms with Crippen molar-refractivity contribution in [1.29, 1.82) is 0 Å². The molecule has 0 unspecified atom stereocenters. The van der Waals surface area contributed by atoms with Gasteiger partial charge in [0.25, 0.3) is 0 Å². The van der Waals surface area contributed by atoms with Gasteiger partial charge in [-0.2, -0.15) is 0 Å². The Hall–Kier alpha value is -2.25. The maximum Gasteiger partial charge on any atom is 0.227 e. The van der Waals surface area contributed by atoms with E-state index < -0.39 is 15.8 Å². The predicted molar refractivity (Wildman–Crippen MR) is 98.4 cm³/mol. The van der Waals surface area contributed by atoms with Gasteiger partial charge in [-0.3, -0.25) is 4.79 Å². The SMILES string of the molecule is O=C(Nc1ccccc1)C1CCN(S(=O)(=O)Cc2ccc(F)cc2)CC1. The minimum absolute atomic E-state index is 0.0771. The maximum atomic E-state index is 13.0. The Morgan fingerprint density at radius 2 is 1.65 bits per heavy atom. The monoisotopic (exact) mass is 376 g/mol. The highest BCUT2D eigenvalue weighted by molar-refractivity contribution is 7.88. The molecule has 1 amide bonds. The summed E-state index contributed by atoms with van der Waals surface area (Å²) in [5, 5.41) is 2.87. The van der Waals surface area contributed by atoms with E-state index in [1.807, 2.05) is 30.3 Å². The van der Waals surface area contributed by atoms with Gasteiger partial charge in [-0.1, -0.05) is 30.3 Å². The zero-order chi connectivity index (χ0) is 18.6. The van der Waals surface area contributed by atoms with Crippen LogP contribution in [0.3, 0.4) is 0 Å². The van der Waals surface area contributed by atoms with Gasteiger partial charge < -0.3 is 5.32 Å². The summed E-state index contributed by atoms with van der Waals surface area (Å²) in [5.74, 6) is -0.829. The molecule has 0 aliphatic carbocycles. The average molecular weight is 376 g/mol. The summed E-state index contributed by atoms with van der Waals surface area (Å²) < 4.78 is 39.4. The van der Waals surface area contributed by atoms with Crippen LogP contribution < -0.4 is 5.32 Å². The number of sulfonamides is 1. The second-order valence-corrected chi connectivity index (χ2v) is 8.38. The molecule has 0 atom stereocenters. The molecule has 1 aliphatic heterocycles.